The summed E-state index contributed by atoms with van der Waals surface area (Å²) in [6.45, 7) is 1.57. The Morgan fingerprint density at radius 2 is 2.06 bits per heavy atom. The minimum Gasteiger partial charge on any atom is -0.490 e. The van der Waals surface area contributed by atoms with E-state index in [0.29, 0.717) is 42.6 Å². The number of nitrogens with zero attached hydrogens (tertiary/aromatic N) is 1. The summed E-state index contributed by atoms with van der Waals surface area (Å²) in [5.41, 5.74) is 2.75. The van der Waals surface area contributed by atoms with Gasteiger partial charge in [0, 0.05) is 23.5 Å². The Hall–Kier alpha value is -2.29. The van der Waals surface area contributed by atoms with Crippen LogP contribution in [-0.2, 0) is 26.7 Å². The Morgan fingerprint density at radius 3 is 2.76 bits per heavy atom. The van der Waals surface area contributed by atoms with Gasteiger partial charge in [0.2, 0.25) is 10.0 Å². The molecule has 1 heterocycles. The van der Waals surface area contributed by atoms with Crippen LogP contribution in [0.1, 0.15) is 36.8 Å². The first-order valence-electron chi connectivity index (χ1n) is 11.2. The molecule has 5 rings (SSSR count). The summed E-state index contributed by atoms with van der Waals surface area (Å²) < 4.78 is 30.4. The summed E-state index contributed by atoms with van der Waals surface area (Å²) in [6, 6.07) is 10.7. The standard InChI is InChI=1S/C24H27ClN2O5S/c25-17-4-7-20-15(10-17)2-1-9-24(20)13-27(12-16-3-6-19(16)23(28)29)21-11-18(33(26,30)31)5-8-22(21)32-14-24/h4-5,7-8,10-11,16,19H,1-3,6,9,12-14H2,(H,28,29)(H2,26,30,31)/t16-,19+,24-/m0/s1. The van der Waals surface area contributed by atoms with Crippen LogP contribution in [0.15, 0.2) is 41.3 Å². The minimum atomic E-state index is -3.89. The third-order valence-corrected chi connectivity index (χ3v) is 8.67. The van der Waals surface area contributed by atoms with E-state index in [0.717, 1.165) is 25.7 Å². The van der Waals surface area contributed by atoms with Crippen LogP contribution >= 0.6 is 11.6 Å². The Bertz CT molecular complexity index is 1220. The van der Waals surface area contributed by atoms with Crippen LogP contribution in [0.2, 0.25) is 5.02 Å². The van der Waals surface area contributed by atoms with Gasteiger partial charge in [-0.1, -0.05) is 17.7 Å². The largest absolute Gasteiger partial charge is 0.490 e. The SMILES string of the molecule is NS(=O)(=O)c1ccc2c(c1)N(C[C@@H]1CC[C@H]1C(=O)O)C[C@@]1(CCCc3cc(Cl)ccc31)CO2. The Morgan fingerprint density at radius 1 is 1.24 bits per heavy atom. The zero-order valence-electron chi connectivity index (χ0n) is 18.2. The van der Waals surface area contributed by atoms with Gasteiger partial charge in [-0.25, -0.2) is 13.6 Å². The van der Waals surface area contributed by atoms with Gasteiger partial charge < -0.3 is 14.7 Å². The van der Waals surface area contributed by atoms with Crippen molar-refractivity contribution in [2.24, 2.45) is 17.0 Å². The van der Waals surface area contributed by atoms with Crippen LogP contribution in [0.4, 0.5) is 5.69 Å². The molecule has 0 aromatic heterocycles. The normalized spacial score (nSPS) is 26.5. The molecule has 2 aliphatic carbocycles. The molecule has 3 N–H and O–H groups in total. The maximum Gasteiger partial charge on any atom is 0.306 e. The number of hydrogen-bond donors (Lipinski definition) is 2. The van der Waals surface area contributed by atoms with E-state index in [-0.39, 0.29) is 22.1 Å². The number of carboxylic acid groups (broad SMARTS) is 1. The van der Waals surface area contributed by atoms with Crippen LogP contribution in [0.5, 0.6) is 5.75 Å². The lowest BCUT2D eigenvalue weighted by atomic mass is 9.69. The van der Waals surface area contributed by atoms with E-state index in [4.69, 9.17) is 21.5 Å². The van der Waals surface area contributed by atoms with Crippen molar-refractivity contribution < 1.29 is 23.1 Å². The van der Waals surface area contributed by atoms with Gasteiger partial charge in [-0.2, -0.15) is 0 Å². The van der Waals surface area contributed by atoms with Gasteiger partial charge in [0.15, 0.2) is 0 Å². The lowest BCUT2D eigenvalue weighted by molar-refractivity contribution is -0.147. The van der Waals surface area contributed by atoms with Crippen molar-refractivity contribution in [3.05, 3.63) is 52.5 Å². The topological polar surface area (TPSA) is 110 Å². The number of carboxylic acids is 1. The van der Waals surface area contributed by atoms with Crippen molar-refractivity contribution in [1.29, 1.82) is 0 Å². The predicted octanol–water partition coefficient (Wildman–Crippen LogP) is 3.57. The molecule has 7 nitrogen and oxygen atoms in total. The van der Waals surface area contributed by atoms with Crippen molar-refractivity contribution in [2.45, 2.75) is 42.4 Å². The fourth-order valence-electron chi connectivity index (χ4n) is 5.67. The zero-order valence-corrected chi connectivity index (χ0v) is 19.7. The molecule has 176 valence electrons. The highest BCUT2D eigenvalue weighted by Gasteiger charge is 2.44. The van der Waals surface area contributed by atoms with E-state index in [9.17, 15) is 18.3 Å². The number of fused-ring (bicyclic) bond motifs is 3. The number of rotatable bonds is 4. The second-order valence-electron chi connectivity index (χ2n) is 9.56. The Kier molecular flexibility index (Phi) is 5.58. The summed E-state index contributed by atoms with van der Waals surface area (Å²) >= 11 is 6.27. The van der Waals surface area contributed by atoms with E-state index in [1.807, 2.05) is 12.1 Å². The average molecular weight is 491 g/mol. The van der Waals surface area contributed by atoms with E-state index < -0.39 is 16.0 Å². The number of benzene rings is 2. The second-order valence-corrected chi connectivity index (χ2v) is 11.6. The molecule has 3 atom stereocenters. The molecule has 1 spiro atoms. The highest BCUT2D eigenvalue weighted by molar-refractivity contribution is 7.89. The second kappa shape index (κ2) is 8.18. The third-order valence-electron chi connectivity index (χ3n) is 7.53. The summed E-state index contributed by atoms with van der Waals surface area (Å²) in [6.07, 6.45) is 4.36. The molecular formula is C24H27ClN2O5S. The molecule has 0 radical (unpaired) electrons. The molecule has 1 fully saturated rings. The number of anilines is 1. The summed E-state index contributed by atoms with van der Waals surface area (Å²) in [7, 11) is -3.89. The molecule has 0 bridgehead atoms. The highest BCUT2D eigenvalue weighted by atomic mass is 35.5. The number of ether oxygens (including phenoxy) is 1. The molecular weight excluding hydrogens is 464 g/mol. The van der Waals surface area contributed by atoms with Crippen molar-refractivity contribution in [1.82, 2.24) is 0 Å². The quantitative estimate of drug-likeness (QED) is 0.678. The van der Waals surface area contributed by atoms with Crippen molar-refractivity contribution in [3.8, 4) is 5.75 Å². The molecule has 33 heavy (non-hydrogen) atoms. The van der Waals surface area contributed by atoms with Crippen LogP contribution < -0.4 is 14.8 Å². The van der Waals surface area contributed by atoms with E-state index >= 15 is 0 Å². The fourth-order valence-corrected chi connectivity index (χ4v) is 6.39. The molecule has 2 aromatic carbocycles. The average Bonchev–Trinajstić information content (AvgIpc) is 2.87. The van der Waals surface area contributed by atoms with Gasteiger partial charge in [0.05, 0.1) is 23.1 Å². The Labute approximate surface area is 198 Å². The van der Waals surface area contributed by atoms with Crippen LogP contribution in [0, 0.1) is 11.8 Å². The van der Waals surface area contributed by atoms with E-state index in [1.54, 1.807) is 12.1 Å². The lowest BCUT2D eigenvalue weighted by Gasteiger charge is -2.43. The van der Waals surface area contributed by atoms with Gasteiger partial charge in [0.25, 0.3) is 0 Å². The molecule has 2 aromatic rings. The molecule has 0 saturated heterocycles. The monoisotopic (exact) mass is 490 g/mol. The van der Waals surface area contributed by atoms with Crippen molar-refractivity contribution in [2.75, 3.05) is 24.6 Å². The Balaban J connectivity index is 1.58. The van der Waals surface area contributed by atoms with Crippen molar-refractivity contribution in [3.63, 3.8) is 0 Å². The first kappa shape index (κ1) is 22.5. The van der Waals surface area contributed by atoms with Gasteiger partial charge in [-0.15, -0.1) is 0 Å². The van der Waals surface area contributed by atoms with Crippen LogP contribution in [-0.4, -0.2) is 39.2 Å². The highest BCUT2D eigenvalue weighted by Crippen LogP contribution is 2.46. The summed E-state index contributed by atoms with van der Waals surface area (Å²) in [5.74, 6) is -0.570. The smallest absolute Gasteiger partial charge is 0.306 e. The van der Waals surface area contributed by atoms with Crippen molar-refractivity contribution >= 4 is 33.3 Å². The van der Waals surface area contributed by atoms with Crippen LogP contribution in [0.3, 0.4) is 0 Å². The summed E-state index contributed by atoms with van der Waals surface area (Å²) in [4.78, 5) is 13.8. The summed E-state index contributed by atoms with van der Waals surface area (Å²) in [5, 5.41) is 15.7. The first-order chi connectivity index (χ1) is 15.7. The minimum absolute atomic E-state index is 0.00285. The van der Waals surface area contributed by atoms with E-state index in [2.05, 4.69) is 11.0 Å². The number of carbonyl (C=O) groups is 1. The molecule has 0 amide bonds. The molecule has 1 aliphatic heterocycles. The van der Waals surface area contributed by atoms with Gasteiger partial charge in [-0.3, -0.25) is 4.79 Å². The predicted molar refractivity (Wildman–Crippen MR) is 125 cm³/mol. The maximum atomic E-state index is 12.1. The first-order valence-corrected chi connectivity index (χ1v) is 13.2. The number of hydrogen-bond acceptors (Lipinski definition) is 5. The number of nitrogens with two attached hydrogens (primary N) is 1. The number of aliphatic carboxylic acids is 1. The number of primary sulfonamides is 1. The maximum absolute atomic E-state index is 12.1. The van der Waals surface area contributed by atoms with Gasteiger partial charge in [0.1, 0.15) is 5.75 Å². The lowest BCUT2D eigenvalue weighted by Crippen LogP contribution is -2.49. The van der Waals surface area contributed by atoms with Gasteiger partial charge >= 0.3 is 5.97 Å². The molecule has 0 unspecified atom stereocenters. The zero-order chi connectivity index (χ0) is 23.4. The van der Waals surface area contributed by atoms with Crippen LogP contribution in [0.25, 0.3) is 0 Å². The van der Waals surface area contributed by atoms with E-state index in [1.165, 1.54) is 17.2 Å². The number of aryl methyl sites for hydroxylation is 1. The van der Waals surface area contributed by atoms with Gasteiger partial charge in [-0.05, 0) is 79.5 Å². The number of halogens is 1. The fraction of sp³-hybridized carbons (Fsp3) is 0.458. The molecule has 1 saturated carbocycles. The molecule has 9 heteroatoms. The number of sulfonamides is 1. The molecule has 3 aliphatic rings. The third kappa shape index (κ3) is 4.09.